The second-order valence-electron chi connectivity index (χ2n) is 15.9. The molecule has 12 rings (SSSR count). The maximum atomic E-state index is 6.58. The average Bonchev–Trinajstić information content (AvgIpc) is 3.88. The first kappa shape index (κ1) is 35.7. The van der Waals surface area contributed by atoms with Crippen LogP contribution in [0.3, 0.4) is 0 Å². The van der Waals surface area contributed by atoms with Crippen molar-refractivity contribution in [2.24, 2.45) is 0 Å². The van der Waals surface area contributed by atoms with Crippen LogP contribution in [0.5, 0.6) is 0 Å². The third kappa shape index (κ3) is 5.72. The lowest BCUT2D eigenvalue weighted by Gasteiger charge is -2.34. The van der Waals surface area contributed by atoms with Crippen LogP contribution in [0.15, 0.2) is 229 Å². The van der Waals surface area contributed by atoms with Gasteiger partial charge in [-0.25, -0.2) is 15.0 Å². The molecule has 2 heterocycles. The summed E-state index contributed by atoms with van der Waals surface area (Å²) in [6, 6.07) is 79.2. The van der Waals surface area contributed by atoms with Crippen molar-refractivity contribution in [3.05, 3.63) is 247 Å². The summed E-state index contributed by atoms with van der Waals surface area (Å²) in [5.74, 6) is 1.77. The molecule has 0 bridgehead atoms. The first-order valence-electron chi connectivity index (χ1n) is 21.0. The van der Waals surface area contributed by atoms with Gasteiger partial charge in [0.25, 0.3) is 0 Å². The number of fused-ring (bicyclic) bond motifs is 6. The minimum Gasteiger partial charge on any atom is -0.456 e. The lowest BCUT2D eigenvalue weighted by molar-refractivity contribution is 0.669. The van der Waals surface area contributed by atoms with Gasteiger partial charge in [-0.15, -0.1) is 0 Å². The van der Waals surface area contributed by atoms with Crippen LogP contribution >= 0.6 is 0 Å². The number of aromatic nitrogens is 3. The summed E-state index contributed by atoms with van der Waals surface area (Å²) in [6.07, 6.45) is 0. The third-order valence-corrected chi connectivity index (χ3v) is 12.4. The largest absolute Gasteiger partial charge is 0.456 e. The fourth-order valence-corrected chi connectivity index (χ4v) is 9.61. The topological polar surface area (TPSA) is 51.8 Å². The molecule has 11 aromatic rings. The number of hydrogen-bond donors (Lipinski definition) is 0. The van der Waals surface area contributed by atoms with Gasteiger partial charge in [0.15, 0.2) is 17.5 Å². The predicted octanol–water partition coefficient (Wildman–Crippen LogP) is 14.5. The summed E-state index contributed by atoms with van der Waals surface area (Å²) >= 11 is 0. The molecular formula is C58H37N3O. The van der Waals surface area contributed by atoms with E-state index in [0.29, 0.717) is 17.5 Å². The van der Waals surface area contributed by atoms with E-state index >= 15 is 0 Å². The van der Waals surface area contributed by atoms with E-state index in [1.54, 1.807) is 0 Å². The molecular weight excluding hydrogens is 755 g/mol. The second kappa shape index (κ2) is 14.5. The van der Waals surface area contributed by atoms with Crippen molar-refractivity contribution in [2.45, 2.75) is 5.41 Å². The van der Waals surface area contributed by atoms with Gasteiger partial charge in [-0.05, 0) is 79.9 Å². The van der Waals surface area contributed by atoms with Crippen molar-refractivity contribution < 1.29 is 4.42 Å². The van der Waals surface area contributed by atoms with Crippen molar-refractivity contribution in [1.29, 1.82) is 0 Å². The summed E-state index contributed by atoms with van der Waals surface area (Å²) in [5.41, 5.74) is 15.6. The van der Waals surface area contributed by atoms with E-state index < -0.39 is 5.41 Å². The van der Waals surface area contributed by atoms with E-state index in [9.17, 15) is 0 Å². The molecule has 0 aliphatic heterocycles. The second-order valence-corrected chi connectivity index (χ2v) is 15.9. The van der Waals surface area contributed by atoms with Crippen LogP contribution in [0.2, 0.25) is 0 Å². The van der Waals surface area contributed by atoms with E-state index in [2.05, 4.69) is 206 Å². The van der Waals surface area contributed by atoms with Gasteiger partial charge in [0.2, 0.25) is 0 Å². The number of rotatable bonds is 7. The fourth-order valence-electron chi connectivity index (χ4n) is 9.61. The molecule has 0 saturated carbocycles. The van der Waals surface area contributed by atoms with Crippen molar-refractivity contribution in [3.8, 4) is 67.5 Å². The van der Waals surface area contributed by atoms with Crippen LogP contribution in [-0.2, 0) is 5.41 Å². The van der Waals surface area contributed by atoms with Gasteiger partial charge < -0.3 is 4.42 Å². The zero-order chi connectivity index (χ0) is 41.0. The highest BCUT2D eigenvalue weighted by molar-refractivity contribution is 6.13. The molecule has 0 amide bonds. The fraction of sp³-hybridized carbons (Fsp3) is 0.0172. The summed E-state index contributed by atoms with van der Waals surface area (Å²) in [5, 5.41) is 2.14. The average molecular weight is 792 g/mol. The molecule has 0 fully saturated rings. The van der Waals surface area contributed by atoms with Crippen LogP contribution in [0, 0.1) is 0 Å². The molecule has 1 aliphatic rings. The van der Waals surface area contributed by atoms with E-state index in [-0.39, 0.29) is 0 Å². The Morgan fingerprint density at radius 2 is 0.790 bits per heavy atom. The molecule has 0 radical (unpaired) electrons. The van der Waals surface area contributed by atoms with Crippen LogP contribution in [0.25, 0.3) is 89.5 Å². The number of benzene rings is 9. The summed E-state index contributed by atoms with van der Waals surface area (Å²) in [4.78, 5) is 15.8. The molecule has 290 valence electrons. The first-order chi connectivity index (χ1) is 30.7. The standard InChI is InChI=1S/C58H37N3O/c1-5-16-38(17-6-1)39-28-30-41(31-29-39)55-59-56(61-57(60-55)43-33-35-49-53(37-43)62-52-27-15-25-46(54(49)52)40-18-7-2-8-19-40)42-32-34-48-47-24-13-14-26-50(47)58(51(48)36-42,44-20-9-3-10-21-44)45-22-11-4-12-23-45/h1-37H. The van der Waals surface area contributed by atoms with Gasteiger partial charge in [0.05, 0.1) is 5.41 Å². The number of furan rings is 1. The quantitative estimate of drug-likeness (QED) is 0.161. The van der Waals surface area contributed by atoms with Gasteiger partial charge in [0.1, 0.15) is 11.2 Å². The number of hydrogen-bond acceptors (Lipinski definition) is 4. The highest BCUT2D eigenvalue weighted by Gasteiger charge is 2.46. The zero-order valence-corrected chi connectivity index (χ0v) is 33.6. The highest BCUT2D eigenvalue weighted by atomic mass is 16.3. The summed E-state index contributed by atoms with van der Waals surface area (Å²) in [7, 11) is 0. The van der Waals surface area contributed by atoms with Crippen molar-refractivity contribution >= 4 is 21.9 Å². The van der Waals surface area contributed by atoms with Gasteiger partial charge in [-0.2, -0.15) is 0 Å². The van der Waals surface area contributed by atoms with Crippen molar-refractivity contribution in [1.82, 2.24) is 15.0 Å². The number of nitrogens with zero attached hydrogens (tertiary/aromatic N) is 3. The predicted molar refractivity (Wildman–Crippen MR) is 252 cm³/mol. The molecule has 4 heteroatoms. The molecule has 0 atom stereocenters. The van der Waals surface area contributed by atoms with Gasteiger partial charge in [-0.3, -0.25) is 0 Å². The van der Waals surface area contributed by atoms with Crippen LogP contribution in [-0.4, -0.2) is 15.0 Å². The Labute approximate surface area is 359 Å². The normalized spacial score (nSPS) is 12.6. The van der Waals surface area contributed by atoms with Gasteiger partial charge in [0, 0.05) is 27.5 Å². The summed E-state index contributed by atoms with van der Waals surface area (Å²) < 4.78 is 6.58. The molecule has 0 N–H and O–H groups in total. The Kier molecular flexibility index (Phi) is 8.36. The van der Waals surface area contributed by atoms with E-state index in [1.807, 2.05) is 18.2 Å². The Hall–Kier alpha value is -8.21. The molecule has 0 saturated heterocycles. The molecule has 62 heavy (non-hydrogen) atoms. The van der Waals surface area contributed by atoms with E-state index in [0.717, 1.165) is 60.9 Å². The minimum atomic E-state index is -0.554. The first-order valence-corrected chi connectivity index (χ1v) is 21.0. The van der Waals surface area contributed by atoms with E-state index in [4.69, 9.17) is 19.4 Å². The lowest BCUT2D eigenvalue weighted by Crippen LogP contribution is -2.28. The Bertz CT molecular complexity index is 3390. The van der Waals surface area contributed by atoms with Gasteiger partial charge >= 0.3 is 0 Å². The molecule has 0 spiro atoms. The third-order valence-electron chi connectivity index (χ3n) is 12.4. The zero-order valence-electron chi connectivity index (χ0n) is 33.6. The van der Waals surface area contributed by atoms with Crippen LogP contribution < -0.4 is 0 Å². The van der Waals surface area contributed by atoms with Gasteiger partial charge in [-0.1, -0.05) is 200 Å². The summed E-state index contributed by atoms with van der Waals surface area (Å²) in [6.45, 7) is 0. The molecule has 1 aliphatic carbocycles. The molecule has 2 aromatic heterocycles. The Balaban J connectivity index is 1.06. The monoisotopic (exact) mass is 791 g/mol. The van der Waals surface area contributed by atoms with E-state index in [1.165, 1.54) is 33.4 Å². The highest BCUT2D eigenvalue weighted by Crippen LogP contribution is 2.56. The van der Waals surface area contributed by atoms with Crippen LogP contribution in [0.4, 0.5) is 0 Å². The lowest BCUT2D eigenvalue weighted by atomic mass is 9.67. The van der Waals surface area contributed by atoms with Crippen LogP contribution in [0.1, 0.15) is 22.3 Å². The molecule has 4 nitrogen and oxygen atoms in total. The molecule has 9 aromatic carbocycles. The Morgan fingerprint density at radius 1 is 0.306 bits per heavy atom. The molecule has 0 unspecified atom stereocenters. The van der Waals surface area contributed by atoms with Crippen molar-refractivity contribution in [3.63, 3.8) is 0 Å². The smallest absolute Gasteiger partial charge is 0.164 e. The maximum absolute atomic E-state index is 6.58. The SMILES string of the molecule is c1ccc(-c2ccc(-c3nc(-c4ccc5c(c4)C(c4ccccc4)(c4ccccc4)c4ccccc4-5)nc(-c4ccc5c(c4)oc4cccc(-c6ccccc6)c45)n3)cc2)cc1. The minimum absolute atomic E-state index is 0.554. The van der Waals surface area contributed by atoms with Crippen molar-refractivity contribution in [2.75, 3.05) is 0 Å². The maximum Gasteiger partial charge on any atom is 0.164 e. The Morgan fingerprint density at radius 3 is 1.47 bits per heavy atom.